The predicted molar refractivity (Wildman–Crippen MR) is 68.5 cm³/mol. The van der Waals surface area contributed by atoms with Crippen molar-refractivity contribution >= 4 is 45.7 Å². The monoisotopic (exact) mass is 275 g/mol. The Balaban J connectivity index is 2.79. The number of aryl methyl sites for hydroxylation is 1. The lowest BCUT2D eigenvalue weighted by molar-refractivity contribution is 1.11. The van der Waals surface area contributed by atoms with Crippen molar-refractivity contribution in [3.8, 4) is 0 Å². The zero-order chi connectivity index (χ0) is 11.9. The highest BCUT2D eigenvalue weighted by atomic mass is 35.6. The Kier molecular flexibility index (Phi) is 2.91. The number of H-pyrrole nitrogens is 1. The summed E-state index contributed by atoms with van der Waals surface area (Å²) in [4.78, 5) is 14.7. The summed E-state index contributed by atoms with van der Waals surface area (Å²) < 4.78 is -1.61. The summed E-state index contributed by atoms with van der Waals surface area (Å²) in [5.74, 6) is 0. The zero-order valence-corrected chi connectivity index (χ0v) is 10.6. The second-order valence-corrected chi connectivity index (χ2v) is 5.88. The van der Waals surface area contributed by atoms with Crippen LogP contribution in [0, 0.1) is 6.92 Å². The summed E-state index contributed by atoms with van der Waals surface area (Å²) in [5, 5.41) is 0.595. The van der Waals surface area contributed by atoms with Crippen LogP contribution in [0.3, 0.4) is 0 Å². The molecule has 0 saturated heterocycles. The van der Waals surface area contributed by atoms with Gasteiger partial charge in [-0.1, -0.05) is 46.4 Å². The Hall–Kier alpha value is -0.700. The first kappa shape index (κ1) is 11.8. The molecule has 1 N–H and O–H groups in total. The molecular weight excluding hydrogens is 268 g/mol. The van der Waals surface area contributed by atoms with Crippen molar-refractivity contribution in [1.29, 1.82) is 0 Å². The van der Waals surface area contributed by atoms with Crippen LogP contribution in [0.2, 0.25) is 0 Å². The van der Waals surface area contributed by atoms with E-state index in [1.165, 1.54) is 6.07 Å². The van der Waals surface area contributed by atoms with Gasteiger partial charge >= 0.3 is 0 Å². The topological polar surface area (TPSA) is 32.9 Å². The summed E-state index contributed by atoms with van der Waals surface area (Å²) >= 11 is 17.2. The Morgan fingerprint density at radius 3 is 2.50 bits per heavy atom. The molecule has 0 fully saturated rings. The average molecular weight is 277 g/mol. The van der Waals surface area contributed by atoms with Gasteiger partial charge in [-0.25, -0.2) is 0 Å². The molecule has 0 aliphatic rings. The molecule has 2 aromatic rings. The third-order valence-electron chi connectivity index (χ3n) is 2.29. The molecule has 2 rings (SSSR count). The van der Waals surface area contributed by atoms with E-state index in [0.717, 1.165) is 5.56 Å². The first-order valence-corrected chi connectivity index (χ1v) is 5.72. The van der Waals surface area contributed by atoms with Crippen LogP contribution < -0.4 is 5.43 Å². The summed E-state index contributed by atoms with van der Waals surface area (Å²) in [5.41, 5.74) is 1.80. The van der Waals surface area contributed by atoms with Crippen LogP contribution in [-0.4, -0.2) is 4.98 Å². The number of alkyl halides is 3. The molecule has 0 bridgehead atoms. The van der Waals surface area contributed by atoms with Gasteiger partial charge in [0, 0.05) is 17.0 Å². The van der Waals surface area contributed by atoms with Crippen LogP contribution in [0.1, 0.15) is 11.3 Å². The van der Waals surface area contributed by atoms with Crippen molar-refractivity contribution in [3.05, 3.63) is 45.7 Å². The van der Waals surface area contributed by atoms with E-state index >= 15 is 0 Å². The van der Waals surface area contributed by atoms with Gasteiger partial charge in [0.05, 0.1) is 5.69 Å². The van der Waals surface area contributed by atoms with E-state index in [-0.39, 0.29) is 11.1 Å². The number of halogens is 3. The molecule has 0 spiro atoms. The van der Waals surface area contributed by atoms with E-state index in [1.807, 2.05) is 13.0 Å². The van der Waals surface area contributed by atoms with Gasteiger partial charge in [-0.15, -0.1) is 0 Å². The first-order valence-electron chi connectivity index (χ1n) is 4.59. The van der Waals surface area contributed by atoms with Gasteiger partial charge in [0.2, 0.25) is 3.79 Å². The number of rotatable bonds is 0. The molecule has 0 atom stereocenters. The molecule has 0 radical (unpaired) electrons. The van der Waals surface area contributed by atoms with Crippen LogP contribution in [-0.2, 0) is 3.79 Å². The number of hydrogen-bond donors (Lipinski definition) is 1. The third kappa shape index (κ3) is 2.19. The van der Waals surface area contributed by atoms with Crippen molar-refractivity contribution in [2.45, 2.75) is 10.7 Å². The number of fused-ring (bicyclic) bond motifs is 1. The molecule has 2 nitrogen and oxygen atoms in total. The van der Waals surface area contributed by atoms with Gasteiger partial charge in [0.1, 0.15) is 0 Å². The van der Waals surface area contributed by atoms with Crippen LogP contribution in [0.15, 0.2) is 29.1 Å². The Labute approximate surface area is 107 Å². The fourth-order valence-electron chi connectivity index (χ4n) is 1.51. The maximum atomic E-state index is 11.8. The second-order valence-electron chi connectivity index (χ2n) is 3.59. The van der Waals surface area contributed by atoms with E-state index in [4.69, 9.17) is 34.8 Å². The van der Waals surface area contributed by atoms with Crippen molar-refractivity contribution in [2.75, 3.05) is 0 Å². The number of nitrogens with one attached hydrogen (secondary N) is 1. The molecule has 0 unspecified atom stereocenters. The largest absolute Gasteiger partial charge is 0.355 e. The molecule has 1 aromatic heterocycles. The first-order chi connectivity index (χ1) is 7.38. The number of aromatic amines is 1. The molecular formula is C11H8Cl3NO. The van der Waals surface area contributed by atoms with Gasteiger partial charge in [-0.2, -0.15) is 0 Å². The van der Waals surface area contributed by atoms with Gasteiger partial charge in [-0.05, 0) is 19.1 Å². The van der Waals surface area contributed by atoms with E-state index in [2.05, 4.69) is 4.98 Å². The molecule has 0 aliphatic carbocycles. The van der Waals surface area contributed by atoms with Gasteiger partial charge in [-0.3, -0.25) is 4.79 Å². The van der Waals surface area contributed by atoms with Crippen molar-refractivity contribution in [3.63, 3.8) is 0 Å². The van der Waals surface area contributed by atoms with Crippen molar-refractivity contribution in [1.82, 2.24) is 4.98 Å². The minimum absolute atomic E-state index is 0.154. The van der Waals surface area contributed by atoms with Gasteiger partial charge < -0.3 is 4.98 Å². The number of hydrogen-bond acceptors (Lipinski definition) is 1. The maximum absolute atomic E-state index is 11.8. The zero-order valence-electron chi connectivity index (χ0n) is 8.35. The van der Waals surface area contributed by atoms with Gasteiger partial charge in [0.15, 0.2) is 5.43 Å². The van der Waals surface area contributed by atoms with Gasteiger partial charge in [0.25, 0.3) is 0 Å². The Morgan fingerprint density at radius 2 is 1.88 bits per heavy atom. The molecule has 1 heterocycles. The van der Waals surface area contributed by atoms with E-state index in [1.54, 1.807) is 12.1 Å². The summed E-state index contributed by atoms with van der Waals surface area (Å²) in [7, 11) is 0. The van der Waals surface area contributed by atoms with Crippen molar-refractivity contribution in [2.24, 2.45) is 0 Å². The average Bonchev–Trinajstić information content (AvgIpc) is 2.17. The number of aromatic nitrogens is 1. The molecule has 5 heteroatoms. The summed E-state index contributed by atoms with van der Waals surface area (Å²) in [6, 6.07) is 6.80. The van der Waals surface area contributed by atoms with Crippen LogP contribution in [0.25, 0.3) is 10.9 Å². The predicted octanol–water partition coefficient (Wildman–Crippen LogP) is 3.66. The molecule has 16 heavy (non-hydrogen) atoms. The fourth-order valence-corrected chi connectivity index (χ4v) is 1.82. The van der Waals surface area contributed by atoms with Crippen LogP contribution >= 0.6 is 34.8 Å². The summed E-state index contributed by atoms with van der Waals surface area (Å²) in [6.07, 6.45) is 0. The van der Waals surface area contributed by atoms with E-state index < -0.39 is 3.79 Å². The standard InChI is InChI=1S/C11H8Cl3NO/c1-6-2-3-8-7(4-6)9(16)5-10(15-8)11(12,13)14/h2-5H,1H3,(H,15,16). The molecule has 0 amide bonds. The minimum Gasteiger partial charge on any atom is -0.355 e. The second kappa shape index (κ2) is 3.95. The lowest BCUT2D eigenvalue weighted by atomic mass is 10.1. The highest BCUT2D eigenvalue weighted by Crippen LogP contribution is 2.36. The van der Waals surface area contributed by atoms with Crippen molar-refractivity contribution < 1.29 is 0 Å². The molecule has 1 aromatic carbocycles. The lowest BCUT2D eigenvalue weighted by Gasteiger charge is -2.11. The Morgan fingerprint density at radius 1 is 1.19 bits per heavy atom. The molecule has 84 valence electrons. The lowest BCUT2D eigenvalue weighted by Crippen LogP contribution is -2.11. The SMILES string of the molecule is Cc1ccc2[nH]c(C(Cl)(Cl)Cl)cc(=O)c2c1. The normalized spacial score (nSPS) is 12.0. The Bertz CT molecular complexity index is 598. The highest BCUT2D eigenvalue weighted by molar-refractivity contribution is 6.66. The summed E-state index contributed by atoms with van der Waals surface area (Å²) in [6.45, 7) is 1.92. The minimum atomic E-state index is -1.61. The highest BCUT2D eigenvalue weighted by Gasteiger charge is 2.24. The number of benzene rings is 1. The third-order valence-corrected chi connectivity index (χ3v) is 2.90. The fraction of sp³-hybridized carbons (Fsp3) is 0.182. The molecule has 0 saturated carbocycles. The van der Waals surface area contributed by atoms with E-state index in [0.29, 0.717) is 10.9 Å². The number of pyridine rings is 1. The van der Waals surface area contributed by atoms with Crippen LogP contribution in [0.4, 0.5) is 0 Å². The smallest absolute Gasteiger partial charge is 0.230 e. The van der Waals surface area contributed by atoms with Crippen LogP contribution in [0.5, 0.6) is 0 Å². The van der Waals surface area contributed by atoms with E-state index in [9.17, 15) is 4.79 Å². The maximum Gasteiger partial charge on any atom is 0.230 e. The quantitative estimate of drug-likeness (QED) is 0.732. The molecule has 0 aliphatic heterocycles.